The van der Waals surface area contributed by atoms with Crippen molar-refractivity contribution < 1.29 is 0 Å². The van der Waals surface area contributed by atoms with E-state index < -0.39 is 0 Å². The van der Waals surface area contributed by atoms with Gasteiger partial charge in [0.15, 0.2) is 5.96 Å². The largest absolute Gasteiger partial charge is 0.360 e. The number of thiophene rings is 1. The summed E-state index contributed by atoms with van der Waals surface area (Å²) in [5.41, 5.74) is 0. The third kappa shape index (κ3) is 3.65. The molecule has 1 saturated heterocycles. The van der Waals surface area contributed by atoms with Gasteiger partial charge in [-0.3, -0.25) is 4.99 Å². The molecule has 4 nitrogen and oxygen atoms in total. The average Bonchev–Trinajstić information content (AvgIpc) is 2.98. The number of nitrogens with one attached hydrogen (secondary N) is 1. The molecule has 1 aromatic rings. The van der Waals surface area contributed by atoms with Crippen LogP contribution in [0.5, 0.6) is 0 Å². The van der Waals surface area contributed by atoms with Crippen LogP contribution in [0, 0.1) is 12.3 Å². The fourth-order valence-electron chi connectivity index (χ4n) is 2.17. The number of hydrogen-bond donors (Lipinski definition) is 1. The lowest BCUT2D eigenvalue weighted by molar-refractivity contribution is 0.374. The van der Waals surface area contributed by atoms with E-state index >= 15 is 0 Å². The second kappa shape index (κ2) is 7.05. The molecule has 0 bridgehead atoms. The van der Waals surface area contributed by atoms with Crippen molar-refractivity contribution in [2.24, 2.45) is 4.99 Å². The van der Waals surface area contributed by atoms with E-state index in [9.17, 15) is 0 Å². The summed E-state index contributed by atoms with van der Waals surface area (Å²) >= 11 is 1.80. The fraction of sp³-hybridized carbons (Fsp3) is 0.500. The number of nitrogens with zero attached hydrogens (tertiary/aromatic N) is 3. The molecule has 0 atom stereocenters. The Morgan fingerprint density at radius 3 is 2.84 bits per heavy atom. The van der Waals surface area contributed by atoms with Gasteiger partial charge in [-0.2, -0.15) is 0 Å². The summed E-state index contributed by atoms with van der Waals surface area (Å²) in [6.07, 6.45) is 5.99. The van der Waals surface area contributed by atoms with E-state index in [1.165, 1.54) is 5.00 Å². The third-order valence-electron chi connectivity index (χ3n) is 3.16. The Morgan fingerprint density at radius 1 is 1.47 bits per heavy atom. The van der Waals surface area contributed by atoms with Crippen LogP contribution in [0.4, 0.5) is 5.00 Å². The highest BCUT2D eigenvalue weighted by Gasteiger charge is 2.19. The van der Waals surface area contributed by atoms with Crippen molar-refractivity contribution in [1.29, 1.82) is 0 Å². The highest BCUT2D eigenvalue weighted by molar-refractivity contribution is 7.14. The van der Waals surface area contributed by atoms with Gasteiger partial charge in [-0.05, 0) is 17.5 Å². The zero-order valence-corrected chi connectivity index (χ0v) is 12.1. The fourth-order valence-corrected chi connectivity index (χ4v) is 2.95. The molecule has 2 rings (SSSR count). The average molecular weight is 276 g/mol. The molecule has 1 N–H and O–H groups in total. The van der Waals surface area contributed by atoms with Gasteiger partial charge in [0, 0.05) is 46.2 Å². The molecule has 0 amide bonds. The zero-order valence-electron chi connectivity index (χ0n) is 11.3. The predicted molar refractivity (Wildman–Crippen MR) is 82.9 cm³/mol. The maximum atomic E-state index is 5.26. The Hall–Kier alpha value is -1.67. The number of piperazine rings is 1. The van der Waals surface area contributed by atoms with Gasteiger partial charge in [0.2, 0.25) is 0 Å². The minimum absolute atomic E-state index is 0.730. The summed E-state index contributed by atoms with van der Waals surface area (Å²) in [6, 6.07) is 4.28. The summed E-state index contributed by atoms with van der Waals surface area (Å²) in [7, 11) is 1.82. The van der Waals surface area contributed by atoms with Gasteiger partial charge in [-0.25, -0.2) is 0 Å². The van der Waals surface area contributed by atoms with Crippen LogP contribution >= 0.6 is 11.3 Å². The Labute approximate surface area is 119 Å². The van der Waals surface area contributed by atoms with Crippen LogP contribution in [-0.2, 0) is 0 Å². The standard InChI is InChI=1S/C14H20N4S/c1-3-4-7-16-14(15-2)18-10-8-17(9-11-18)13-6-5-12-19-13/h1,5-6,12H,4,7-11H2,2H3,(H,15,16). The number of terminal acetylenes is 1. The molecule has 2 heterocycles. The van der Waals surface area contributed by atoms with Crippen LogP contribution in [0.3, 0.4) is 0 Å². The van der Waals surface area contributed by atoms with Gasteiger partial charge in [0.05, 0.1) is 5.00 Å². The van der Waals surface area contributed by atoms with Crippen molar-refractivity contribution in [3.8, 4) is 12.3 Å². The normalized spacial score (nSPS) is 16.3. The molecule has 1 aliphatic rings. The molecular formula is C14H20N4S. The first-order chi connectivity index (χ1) is 9.35. The summed E-state index contributed by atoms with van der Waals surface area (Å²) in [6.45, 7) is 4.85. The molecule has 1 fully saturated rings. The zero-order chi connectivity index (χ0) is 13.5. The summed E-state index contributed by atoms with van der Waals surface area (Å²) < 4.78 is 0. The molecule has 0 aliphatic carbocycles. The van der Waals surface area contributed by atoms with Crippen LogP contribution in [0.15, 0.2) is 22.5 Å². The minimum Gasteiger partial charge on any atom is -0.360 e. The van der Waals surface area contributed by atoms with Crippen molar-refractivity contribution in [2.45, 2.75) is 6.42 Å². The van der Waals surface area contributed by atoms with Gasteiger partial charge < -0.3 is 15.1 Å². The second-order valence-corrected chi connectivity index (χ2v) is 5.28. The summed E-state index contributed by atoms with van der Waals surface area (Å²) in [5.74, 6) is 3.59. The molecule has 0 spiro atoms. The first kappa shape index (κ1) is 13.8. The Morgan fingerprint density at radius 2 is 2.26 bits per heavy atom. The quantitative estimate of drug-likeness (QED) is 0.392. The molecule has 1 aromatic heterocycles. The molecule has 0 radical (unpaired) electrons. The maximum Gasteiger partial charge on any atom is 0.193 e. The lowest BCUT2D eigenvalue weighted by Crippen LogP contribution is -2.52. The molecule has 0 unspecified atom stereocenters. The lowest BCUT2D eigenvalue weighted by Gasteiger charge is -2.36. The third-order valence-corrected chi connectivity index (χ3v) is 4.09. The number of aliphatic imine (C=N–C) groups is 1. The van der Waals surface area contributed by atoms with Crippen molar-refractivity contribution in [2.75, 3.05) is 44.7 Å². The maximum absolute atomic E-state index is 5.26. The SMILES string of the molecule is C#CCCNC(=NC)N1CCN(c2cccs2)CC1. The minimum atomic E-state index is 0.730. The lowest BCUT2D eigenvalue weighted by atomic mass is 10.3. The number of hydrogen-bond acceptors (Lipinski definition) is 3. The molecular weight excluding hydrogens is 256 g/mol. The smallest absolute Gasteiger partial charge is 0.193 e. The molecule has 0 saturated carbocycles. The molecule has 5 heteroatoms. The number of rotatable bonds is 3. The van der Waals surface area contributed by atoms with E-state index in [0.717, 1.165) is 45.1 Å². The highest BCUT2D eigenvalue weighted by Crippen LogP contribution is 2.22. The molecule has 19 heavy (non-hydrogen) atoms. The Kier molecular flexibility index (Phi) is 5.10. The van der Waals surface area contributed by atoms with E-state index in [2.05, 4.69) is 43.5 Å². The van der Waals surface area contributed by atoms with Crippen LogP contribution in [-0.4, -0.2) is 50.6 Å². The van der Waals surface area contributed by atoms with Crippen molar-refractivity contribution in [3.05, 3.63) is 17.5 Å². The van der Waals surface area contributed by atoms with Crippen LogP contribution in [0.2, 0.25) is 0 Å². The van der Waals surface area contributed by atoms with E-state index in [1.807, 2.05) is 7.05 Å². The van der Waals surface area contributed by atoms with Gasteiger partial charge >= 0.3 is 0 Å². The molecule has 0 aromatic carbocycles. The first-order valence-corrected chi connectivity index (χ1v) is 7.40. The van der Waals surface area contributed by atoms with Crippen molar-refractivity contribution in [3.63, 3.8) is 0 Å². The van der Waals surface area contributed by atoms with Gasteiger partial charge in [0.1, 0.15) is 0 Å². The second-order valence-electron chi connectivity index (χ2n) is 4.35. The summed E-state index contributed by atoms with van der Waals surface area (Å²) in [4.78, 5) is 9.04. The van der Waals surface area contributed by atoms with Crippen molar-refractivity contribution >= 4 is 22.3 Å². The Bertz CT molecular complexity index is 439. The monoisotopic (exact) mass is 276 g/mol. The Balaban J connectivity index is 1.83. The number of guanidine groups is 1. The van der Waals surface area contributed by atoms with E-state index in [-0.39, 0.29) is 0 Å². The first-order valence-electron chi connectivity index (χ1n) is 6.52. The predicted octanol–water partition coefficient (Wildman–Crippen LogP) is 1.47. The highest BCUT2D eigenvalue weighted by atomic mass is 32.1. The van der Waals surface area contributed by atoms with Crippen LogP contribution in [0.1, 0.15) is 6.42 Å². The molecule has 1 aliphatic heterocycles. The van der Waals surface area contributed by atoms with Crippen LogP contribution in [0.25, 0.3) is 0 Å². The molecule has 102 valence electrons. The van der Waals surface area contributed by atoms with Gasteiger partial charge in [0.25, 0.3) is 0 Å². The summed E-state index contributed by atoms with van der Waals surface area (Å²) in [5, 5.41) is 6.79. The van der Waals surface area contributed by atoms with Gasteiger partial charge in [-0.1, -0.05) is 0 Å². The van der Waals surface area contributed by atoms with Crippen molar-refractivity contribution in [1.82, 2.24) is 10.2 Å². The van der Waals surface area contributed by atoms with E-state index in [4.69, 9.17) is 6.42 Å². The number of anilines is 1. The van der Waals surface area contributed by atoms with Crippen LogP contribution < -0.4 is 10.2 Å². The van der Waals surface area contributed by atoms with E-state index in [0.29, 0.717) is 0 Å². The topological polar surface area (TPSA) is 30.9 Å². The van der Waals surface area contributed by atoms with Gasteiger partial charge in [-0.15, -0.1) is 23.7 Å². The van der Waals surface area contributed by atoms with E-state index in [1.54, 1.807) is 11.3 Å².